The summed E-state index contributed by atoms with van der Waals surface area (Å²) in [6, 6.07) is 7.02. The van der Waals surface area contributed by atoms with Crippen LogP contribution in [-0.4, -0.2) is 13.0 Å². The van der Waals surface area contributed by atoms with Crippen molar-refractivity contribution in [1.29, 1.82) is 0 Å². The third-order valence-corrected chi connectivity index (χ3v) is 4.03. The minimum atomic E-state index is -0.526. The zero-order chi connectivity index (χ0) is 15.6. The molecule has 0 aliphatic heterocycles. The van der Waals surface area contributed by atoms with Crippen LogP contribution in [0.15, 0.2) is 39.3 Å². The second kappa shape index (κ2) is 6.44. The van der Waals surface area contributed by atoms with Gasteiger partial charge < -0.3 is 15.8 Å². The molecule has 4 nitrogen and oxygen atoms in total. The Morgan fingerprint density at radius 2 is 1.95 bits per heavy atom. The molecule has 0 fully saturated rings. The van der Waals surface area contributed by atoms with Crippen LogP contribution >= 0.6 is 31.9 Å². The fraction of sp³-hybridized carbons (Fsp3) is 0.0714. The highest BCUT2D eigenvalue weighted by molar-refractivity contribution is 9.11. The third kappa shape index (κ3) is 3.54. The van der Waals surface area contributed by atoms with Crippen LogP contribution in [0.4, 0.5) is 15.8 Å². The van der Waals surface area contributed by atoms with Gasteiger partial charge in [0.25, 0.3) is 5.91 Å². The Balaban J connectivity index is 2.33. The van der Waals surface area contributed by atoms with Gasteiger partial charge in [-0.05, 0) is 56.1 Å². The summed E-state index contributed by atoms with van der Waals surface area (Å²) in [5, 5.41) is 2.66. The largest absolute Gasteiger partial charge is 0.495 e. The van der Waals surface area contributed by atoms with Gasteiger partial charge in [-0.25, -0.2) is 4.39 Å². The molecule has 0 aliphatic rings. The number of hydrogen-bond acceptors (Lipinski definition) is 3. The Morgan fingerprint density at radius 3 is 2.62 bits per heavy atom. The first-order chi connectivity index (χ1) is 9.92. The highest BCUT2D eigenvalue weighted by Gasteiger charge is 2.14. The predicted molar refractivity (Wildman–Crippen MR) is 87.2 cm³/mol. The minimum Gasteiger partial charge on any atom is -0.495 e. The van der Waals surface area contributed by atoms with Gasteiger partial charge in [0.2, 0.25) is 0 Å². The van der Waals surface area contributed by atoms with E-state index in [-0.39, 0.29) is 11.3 Å². The number of ether oxygens (including phenoxy) is 1. The molecule has 0 aromatic heterocycles. The number of nitrogens with two attached hydrogens (primary N) is 1. The topological polar surface area (TPSA) is 64.3 Å². The van der Waals surface area contributed by atoms with Crippen molar-refractivity contribution >= 4 is 49.1 Å². The van der Waals surface area contributed by atoms with Crippen LogP contribution < -0.4 is 15.8 Å². The molecule has 1 amide bonds. The molecule has 0 saturated heterocycles. The molecular formula is C14H11Br2FN2O2. The number of hydrogen-bond donors (Lipinski definition) is 2. The molecule has 2 aromatic rings. The van der Waals surface area contributed by atoms with Crippen molar-refractivity contribution in [3.63, 3.8) is 0 Å². The van der Waals surface area contributed by atoms with Crippen LogP contribution in [0.3, 0.4) is 0 Å². The minimum absolute atomic E-state index is 0.0729. The normalized spacial score (nSPS) is 10.3. The predicted octanol–water partition coefficient (Wildman–Crippen LogP) is 4.19. The van der Waals surface area contributed by atoms with Gasteiger partial charge in [-0.15, -0.1) is 0 Å². The van der Waals surface area contributed by atoms with Crippen molar-refractivity contribution < 1.29 is 13.9 Å². The van der Waals surface area contributed by atoms with Crippen LogP contribution in [0.2, 0.25) is 0 Å². The Morgan fingerprint density at radius 1 is 1.24 bits per heavy atom. The van der Waals surface area contributed by atoms with E-state index in [1.165, 1.54) is 19.2 Å². The monoisotopic (exact) mass is 416 g/mol. The summed E-state index contributed by atoms with van der Waals surface area (Å²) in [4.78, 5) is 12.2. The van der Waals surface area contributed by atoms with Crippen molar-refractivity contribution in [3.8, 4) is 5.75 Å². The van der Waals surface area contributed by atoms with Crippen LogP contribution in [0.1, 0.15) is 10.4 Å². The average molecular weight is 418 g/mol. The Labute approximate surface area is 137 Å². The Hall–Kier alpha value is -1.60. The summed E-state index contributed by atoms with van der Waals surface area (Å²) in [7, 11) is 1.52. The zero-order valence-corrected chi connectivity index (χ0v) is 14.1. The van der Waals surface area contributed by atoms with E-state index in [0.29, 0.717) is 15.9 Å². The molecule has 21 heavy (non-hydrogen) atoms. The summed E-state index contributed by atoms with van der Waals surface area (Å²) in [5.74, 6) is -0.473. The molecule has 0 unspecified atom stereocenters. The SMILES string of the molecule is COc1cc(NC(=O)c2cc(F)ccc2N)c(Br)cc1Br. The van der Waals surface area contributed by atoms with E-state index < -0.39 is 11.7 Å². The lowest BCUT2D eigenvalue weighted by molar-refractivity contribution is 0.102. The highest BCUT2D eigenvalue weighted by atomic mass is 79.9. The van der Waals surface area contributed by atoms with Gasteiger partial charge in [-0.2, -0.15) is 0 Å². The number of methoxy groups -OCH3 is 1. The van der Waals surface area contributed by atoms with E-state index in [9.17, 15) is 9.18 Å². The highest BCUT2D eigenvalue weighted by Crippen LogP contribution is 2.34. The molecule has 2 rings (SSSR count). The van der Waals surface area contributed by atoms with Crippen molar-refractivity contribution in [1.82, 2.24) is 0 Å². The number of anilines is 2. The van der Waals surface area contributed by atoms with Crippen molar-refractivity contribution in [2.45, 2.75) is 0 Å². The van der Waals surface area contributed by atoms with E-state index in [1.54, 1.807) is 12.1 Å². The van der Waals surface area contributed by atoms with Crippen molar-refractivity contribution in [2.24, 2.45) is 0 Å². The first kappa shape index (κ1) is 15.8. The van der Waals surface area contributed by atoms with Gasteiger partial charge >= 0.3 is 0 Å². The fourth-order valence-electron chi connectivity index (χ4n) is 1.70. The van der Waals surface area contributed by atoms with Crippen molar-refractivity contribution in [2.75, 3.05) is 18.2 Å². The number of rotatable bonds is 3. The molecule has 7 heteroatoms. The molecule has 0 atom stereocenters. The van der Waals surface area contributed by atoms with Gasteiger partial charge in [0.15, 0.2) is 0 Å². The number of nitrogens with one attached hydrogen (secondary N) is 1. The second-order valence-electron chi connectivity index (χ2n) is 4.15. The number of halogens is 3. The molecule has 0 heterocycles. The van der Waals surface area contributed by atoms with E-state index in [4.69, 9.17) is 10.5 Å². The molecule has 110 valence electrons. The van der Waals surface area contributed by atoms with Crippen molar-refractivity contribution in [3.05, 3.63) is 50.7 Å². The summed E-state index contributed by atoms with van der Waals surface area (Å²) < 4.78 is 19.8. The number of nitrogen functional groups attached to an aromatic ring is 1. The Kier molecular flexibility index (Phi) is 4.84. The van der Waals surface area contributed by atoms with Crippen LogP contribution in [0.5, 0.6) is 5.75 Å². The maximum absolute atomic E-state index is 13.2. The molecule has 0 aliphatic carbocycles. The average Bonchev–Trinajstić information content (AvgIpc) is 2.44. The maximum Gasteiger partial charge on any atom is 0.257 e. The molecule has 0 saturated carbocycles. The van der Waals surface area contributed by atoms with Crippen LogP contribution in [0, 0.1) is 5.82 Å². The van der Waals surface area contributed by atoms with E-state index >= 15 is 0 Å². The zero-order valence-electron chi connectivity index (χ0n) is 10.9. The van der Waals surface area contributed by atoms with Gasteiger partial charge in [0, 0.05) is 16.2 Å². The second-order valence-corrected chi connectivity index (χ2v) is 5.86. The number of carbonyl (C=O) groups excluding carboxylic acids is 1. The van der Waals surface area contributed by atoms with Gasteiger partial charge in [-0.1, -0.05) is 0 Å². The van der Waals surface area contributed by atoms with Gasteiger partial charge in [0.05, 0.1) is 22.8 Å². The summed E-state index contributed by atoms with van der Waals surface area (Å²) in [5.41, 5.74) is 6.46. The lowest BCUT2D eigenvalue weighted by atomic mass is 10.1. The molecular weight excluding hydrogens is 407 g/mol. The molecule has 0 spiro atoms. The molecule has 0 bridgehead atoms. The number of benzene rings is 2. The van der Waals surface area contributed by atoms with E-state index in [2.05, 4.69) is 37.2 Å². The molecule has 3 N–H and O–H groups in total. The summed E-state index contributed by atoms with van der Waals surface area (Å²) in [6.45, 7) is 0. The number of amides is 1. The smallest absolute Gasteiger partial charge is 0.257 e. The maximum atomic E-state index is 13.2. The quantitative estimate of drug-likeness (QED) is 0.735. The first-order valence-corrected chi connectivity index (χ1v) is 7.40. The van der Waals surface area contributed by atoms with Gasteiger partial charge in [-0.3, -0.25) is 4.79 Å². The molecule has 2 aromatic carbocycles. The number of carbonyl (C=O) groups is 1. The van der Waals surface area contributed by atoms with Crippen LogP contribution in [-0.2, 0) is 0 Å². The molecule has 0 radical (unpaired) electrons. The van der Waals surface area contributed by atoms with E-state index in [1.807, 2.05) is 0 Å². The Bertz CT molecular complexity index is 708. The lowest BCUT2D eigenvalue weighted by Crippen LogP contribution is -2.14. The lowest BCUT2D eigenvalue weighted by Gasteiger charge is -2.12. The summed E-state index contributed by atoms with van der Waals surface area (Å²) in [6.07, 6.45) is 0. The van der Waals surface area contributed by atoms with Gasteiger partial charge in [0.1, 0.15) is 11.6 Å². The van der Waals surface area contributed by atoms with E-state index in [0.717, 1.165) is 10.5 Å². The third-order valence-electron chi connectivity index (χ3n) is 2.75. The first-order valence-electron chi connectivity index (χ1n) is 5.81. The van der Waals surface area contributed by atoms with Crippen LogP contribution in [0.25, 0.3) is 0 Å². The standard InChI is InChI=1S/C14H11Br2FN2O2/c1-21-13-6-12(9(15)5-10(13)16)19-14(20)8-4-7(17)2-3-11(8)18/h2-6H,18H2,1H3,(H,19,20). The summed E-state index contributed by atoms with van der Waals surface area (Å²) >= 11 is 6.68. The fourth-order valence-corrected chi connectivity index (χ4v) is 2.95.